The molecule has 0 amide bonds. The molecule has 1 fully saturated rings. The second-order valence-corrected chi connectivity index (χ2v) is 15.6. The molecule has 324 valence electrons. The van der Waals surface area contributed by atoms with Crippen molar-refractivity contribution in [3.05, 3.63) is 191 Å². The first kappa shape index (κ1) is 43.1. The third-order valence-electron chi connectivity index (χ3n) is 11.4. The number of amidine groups is 1. The van der Waals surface area contributed by atoms with Crippen LogP contribution in [0.5, 0.6) is 6.01 Å². The van der Waals surface area contributed by atoms with Gasteiger partial charge in [-0.1, -0.05) is 157 Å². The molecule has 0 saturated heterocycles. The molecule has 1 heterocycles. The summed E-state index contributed by atoms with van der Waals surface area (Å²) in [7, 11) is 0. The molecule has 1 saturated carbocycles. The standard InChI is InChI=1S/C52H50N6O6/c1-3-61-50-54-46-30-18-29-45(49(59)62-36(2)63-51(60)64-42-25-14-7-15-26-42)47(46)58(50)35-37-31-33-38(34-32-37)43-27-16-17-28-44(43)48(56-57-53)55-52(39-19-8-4-9-20-39,40-21-10-5-11-22-40)41-23-12-6-13-24-41/h4-6,8-13,16-24,27-34,36,42H,3,7,14-15,25-26,35H2,1-2H3,(H2,53,55,56). The van der Waals surface area contributed by atoms with Gasteiger partial charge < -0.3 is 24.3 Å². The van der Waals surface area contributed by atoms with Crippen LogP contribution in [0, 0.1) is 5.53 Å². The van der Waals surface area contributed by atoms with Crippen molar-refractivity contribution < 1.29 is 28.5 Å². The Balaban J connectivity index is 1.09. The first-order valence-electron chi connectivity index (χ1n) is 21.7. The summed E-state index contributed by atoms with van der Waals surface area (Å²) in [5.74, 6) is -0.265. The maximum Gasteiger partial charge on any atom is 0.511 e. The molecule has 2 N–H and O–H groups in total. The summed E-state index contributed by atoms with van der Waals surface area (Å²) in [6.45, 7) is 4.04. The molecule has 64 heavy (non-hydrogen) atoms. The van der Waals surface area contributed by atoms with Crippen molar-refractivity contribution in [1.82, 2.24) is 14.9 Å². The molecule has 8 rings (SSSR count). The lowest BCUT2D eigenvalue weighted by atomic mass is 9.76. The Hall–Kier alpha value is -7.60. The lowest BCUT2D eigenvalue weighted by Crippen LogP contribution is -2.48. The van der Waals surface area contributed by atoms with E-state index in [1.165, 1.54) is 6.92 Å². The smallest absolute Gasteiger partial charge is 0.465 e. The molecule has 1 unspecified atom stereocenters. The molecule has 0 bridgehead atoms. The summed E-state index contributed by atoms with van der Waals surface area (Å²) in [5.41, 5.74) is 14.8. The van der Waals surface area contributed by atoms with Crippen LogP contribution in [0.25, 0.3) is 22.2 Å². The monoisotopic (exact) mass is 854 g/mol. The first-order valence-corrected chi connectivity index (χ1v) is 21.7. The van der Waals surface area contributed by atoms with Crippen LogP contribution < -0.4 is 10.1 Å². The van der Waals surface area contributed by atoms with Crippen molar-refractivity contribution >= 4 is 29.0 Å². The summed E-state index contributed by atoms with van der Waals surface area (Å²) in [4.78, 5) is 30.9. The van der Waals surface area contributed by atoms with Crippen LogP contribution in [-0.2, 0) is 26.3 Å². The van der Waals surface area contributed by atoms with E-state index < -0.39 is 24.0 Å². The van der Waals surface area contributed by atoms with Crippen LogP contribution in [-0.4, -0.2) is 46.5 Å². The Morgan fingerprint density at radius 1 is 0.750 bits per heavy atom. The molecule has 12 heteroatoms. The van der Waals surface area contributed by atoms with E-state index in [9.17, 15) is 9.59 Å². The van der Waals surface area contributed by atoms with Gasteiger partial charge in [0, 0.05) is 12.5 Å². The van der Waals surface area contributed by atoms with E-state index in [-0.39, 0.29) is 11.7 Å². The van der Waals surface area contributed by atoms with E-state index in [4.69, 9.17) is 29.5 Å². The lowest BCUT2D eigenvalue weighted by Gasteiger charge is -2.38. The third kappa shape index (κ3) is 9.41. The SMILES string of the molecule is CCOc1nc2cccc(C(=O)OC(C)OC(=O)OC3CCCCC3)c2n1Cc1ccc(-c2ccccc2/C(=N/N=N)NC(c2ccccc2)(c2ccccc2)c2ccccc2)cc1. The minimum absolute atomic E-state index is 0.189. The minimum Gasteiger partial charge on any atom is -0.465 e. The molecule has 1 atom stereocenters. The van der Waals surface area contributed by atoms with Crippen molar-refractivity contribution in [2.45, 2.75) is 70.4 Å². The lowest BCUT2D eigenvalue weighted by molar-refractivity contribution is -0.0914. The van der Waals surface area contributed by atoms with Gasteiger partial charge in [-0.15, -0.1) is 5.10 Å². The largest absolute Gasteiger partial charge is 0.511 e. The van der Waals surface area contributed by atoms with Crippen molar-refractivity contribution in [2.24, 2.45) is 10.3 Å². The molecule has 0 radical (unpaired) electrons. The van der Waals surface area contributed by atoms with Crippen molar-refractivity contribution in [2.75, 3.05) is 6.61 Å². The molecule has 1 aromatic heterocycles. The fraction of sp³-hybridized carbons (Fsp3) is 0.231. The average molecular weight is 855 g/mol. The van der Waals surface area contributed by atoms with Gasteiger partial charge in [-0.2, -0.15) is 10.5 Å². The third-order valence-corrected chi connectivity index (χ3v) is 11.4. The molecular formula is C52H50N6O6. The number of ether oxygens (including phenoxy) is 4. The highest BCUT2D eigenvalue weighted by Gasteiger charge is 2.38. The molecule has 0 spiro atoms. The van der Waals surface area contributed by atoms with E-state index in [0.717, 1.165) is 71.0 Å². The predicted molar refractivity (Wildman–Crippen MR) is 245 cm³/mol. The number of rotatable bonds is 15. The number of fused-ring (bicyclic) bond motifs is 1. The quantitative estimate of drug-likeness (QED) is 0.0197. The fourth-order valence-corrected chi connectivity index (χ4v) is 8.50. The van der Waals surface area contributed by atoms with Gasteiger partial charge in [-0.3, -0.25) is 4.57 Å². The topological polar surface area (TPSA) is 149 Å². The summed E-state index contributed by atoms with van der Waals surface area (Å²) >= 11 is 0. The summed E-state index contributed by atoms with van der Waals surface area (Å²) in [6.07, 6.45) is 2.49. The fourth-order valence-electron chi connectivity index (χ4n) is 8.50. The predicted octanol–water partition coefficient (Wildman–Crippen LogP) is 11.4. The van der Waals surface area contributed by atoms with Crippen LogP contribution in [0.4, 0.5) is 4.79 Å². The second kappa shape index (κ2) is 20.1. The van der Waals surface area contributed by atoms with Gasteiger partial charge in [0.05, 0.1) is 29.7 Å². The van der Waals surface area contributed by atoms with Crippen molar-refractivity contribution in [1.29, 1.82) is 5.53 Å². The molecule has 1 aliphatic carbocycles. The molecule has 7 aromatic rings. The zero-order valence-electron chi connectivity index (χ0n) is 35.9. The van der Waals surface area contributed by atoms with Crippen LogP contribution in [0.15, 0.2) is 168 Å². The summed E-state index contributed by atoms with van der Waals surface area (Å²) in [6, 6.07) is 52.2. The Morgan fingerprint density at radius 3 is 1.95 bits per heavy atom. The number of nitrogens with one attached hydrogen (secondary N) is 2. The van der Waals surface area contributed by atoms with Crippen LogP contribution in [0.2, 0.25) is 0 Å². The average Bonchev–Trinajstić information content (AvgIpc) is 3.68. The number of benzene rings is 6. The highest BCUT2D eigenvalue weighted by Crippen LogP contribution is 2.38. The number of para-hydroxylation sites is 1. The number of esters is 1. The van der Waals surface area contributed by atoms with Gasteiger partial charge in [0.25, 0.3) is 6.01 Å². The van der Waals surface area contributed by atoms with Gasteiger partial charge in [0.15, 0.2) is 5.84 Å². The van der Waals surface area contributed by atoms with Crippen molar-refractivity contribution in [3.8, 4) is 17.1 Å². The minimum atomic E-state index is -1.18. The van der Waals surface area contributed by atoms with E-state index in [1.54, 1.807) is 12.1 Å². The van der Waals surface area contributed by atoms with Gasteiger partial charge in [-0.25, -0.2) is 9.59 Å². The first-order chi connectivity index (χ1) is 31.4. The summed E-state index contributed by atoms with van der Waals surface area (Å²) in [5, 5.41) is 11.8. The highest BCUT2D eigenvalue weighted by atomic mass is 16.8. The number of nitrogens with zero attached hydrogens (tertiary/aromatic N) is 4. The highest BCUT2D eigenvalue weighted by molar-refractivity contribution is 6.05. The Morgan fingerprint density at radius 2 is 1.34 bits per heavy atom. The number of hydrogen-bond donors (Lipinski definition) is 2. The Kier molecular flexibility index (Phi) is 13.5. The zero-order valence-corrected chi connectivity index (χ0v) is 35.9. The van der Waals surface area contributed by atoms with E-state index in [0.29, 0.717) is 36.0 Å². The van der Waals surface area contributed by atoms with Gasteiger partial charge in [0.1, 0.15) is 11.6 Å². The number of imidazole rings is 1. The number of carbonyl (C=O) groups excluding carboxylic acids is 2. The second-order valence-electron chi connectivity index (χ2n) is 15.6. The van der Waals surface area contributed by atoms with Gasteiger partial charge in [0.2, 0.25) is 6.29 Å². The number of hydrogen-bond acceptors (Lipinski definition) is 9. The number of carbonyl (C=O) groups is 2. The van der Waals surface area contributed by atoms with Crippen molar-refractivity contribution in [3.63, 3.8) is 0 Å². The van der Waals surface area contributed by atoms with Crippen LogP contribution in [0.1, 0.15) is 84.1 Å². The van der Waals surface area contributed by atoms with Gasteiger partial charge >= 0.3 is 12.1 Å². The van der Waals surface area contributed by atoms with Crippen LogP contribution >= 0.6 is 0 Å². The number of aromatic nitrogens is 2. The summed E-state index contributed by atoms with van der Waals surface area (Å²) < 4.78 is 24.3. The molecular weight excluding hydrogens is 805 g/mol. The normalized spacial score (nSPS) is 13.8. The maximum absolute atomic E-state index is 13.7. The van der Waals surface area contributed by atoms with E-state index >= 15 is 0 Å². The molecule has 1 aliphatic rings. The van der Waals surface area contributed by atoms with Gasteiger partial charge in [-0.05, 0) is 78.1 Å². The van der Waals surface area contributed by atoms with E-state index in [1.807, 2.05) is 121 Å². The Bertz CT molecular complexity index is 2620. The van der Waals surface area contributed by atoms with E-state index in [2.05, 4.69) is 52.0 Å². The maximum atomic E-state index is 13.7. The molecule has 12 nitrogen and oxygen atoms in total. The Labute approximate surface area is 372 Å². The molecule has 6 aromatic carbocycles. The zero-order chi connectivity index (χ0) is 44.3. The molecule has 0 aliphatic heterocycles. The van der Waals surface area contributed by atoms with Crippen LogP contribution in [0.3, 0.4) is 0 Å².